The van der Waals surface area contributed by atoms with Crippen LogP contribution in [0.1, 0.15) is 5.56 Å². The molecule has 1 aromatic carbocycles. The summed E-state index contributed by atoms with van der Waals surface area (Å²) in [6.45, 7) is 1.80. The molecule has 0 saturated carbocycles. The van der Waals surface area contributed by atoms with E-state index in [0.29, 0.717) is 5.30 Å². The van der Waals surface area contributed by atoms with Crippen LogP contribution in [0.2, 0.25) is 0 Å². The molecular weight excluding hydrogens is 208 g/mol. The molecular formula is C9H13NNaO2P. The van der Waals surface area contributed by atoms with E-state index in [1.165, 1.54) is 0 Å². The summed E-state index contributed by atoms with van der Waals surface area (Å²) in [4.78, 5) is 1.94. The van der Waals surface area contributed by atoms with Crippen LogP contribution in [0.4, 0.5) is 5.69 Å². The van der Waals surface area contributed by atoms with Crippen LogP contribution < -0.4 is 10.2 Å². The monoisotopic (exact) mass is 221 g/mol. The Morgan fingerprint density at radius 3 is 2.14 bits per heavy atom. The first-order valence-corrected chi connectivity index (χ1v) is 5.12. The Bertz CT molecular complexity index is 380. The molecule has 72 valence electrons. The Labute approximate surface area is 107 Å². The van der Waals surface area contributed by atoms with Gasteiger partial charge in [-0.05, 0) is 30.7 Å². The summed E-state index contributed by atoms with van der Waals surface area (Å²) in [6, 6.07) is 5.30. The zero-order valence-electron chi connectivity index (χ0n) is 7.94. The van der Waals surface area contributed by atoms with E-state index in [1.807, 2.05) is 25.1 Å². The molecule has 0 fully saturated rings. The Kier molecular flexibility index (Phi) is 5.68. The maximum absolute atomic E-state index is 10.7. The van der Waals surface area contributed by atoms with E-state index in [1.54, 1.807) is 19.1 Å². The SMILES string of the molecule is Cc1cc(N(C)C)ccc1P(=O)=O.[NaH]. The van der Waals surface area contributed by atoms with Crippen molar-refractivity contribution in [2.24, 2.45) is 0 Å². The normalized spacial score (nSPS) is 9.07. The molecule has 0 saturated heterocycles. The first kappa shape index (κ1) is 13.9. The molecule has 0 heterocycles. The molecule has 3 nitrogen and oxygen atoms in total. The number of hydrogen-bond acceptors (Lipinski definition) is 3. The van der Waals surface area contributed by atoms with Gasteiger partial charge >= 0.3 is 37.2 Å². The van der Waals surface area contributed by atoms with Gasteiger partial charge in [0.25, 0.3) is 0 Å². The molecule has 0 unspecified atom stereocenters. The van der Waals surface area contributed by atoms with E-state index < -0.39 is 7.68 Å². The van der Waals surface area contributed by atoms with Crippen LogP contribution in [0.25, 0.3) is 0 Å². The van der Waals surface area contributed by atoms with Gasteiger partial charge < -0.3 is 4.90 Å². The van der Waals surface area contributed by atoms with Gasteiger partial charge in [0.15, 0.2) is 0 Å². The van der Waals surface area contributed by atoms with Crippen molar-refractivity contribution < 1.29 is 9.13 Å². The summed E-state index contributed by atoms with van der Waals surface area (Å²) in [5.41, 5.74) is 1.81. The molecule has 0 amide bonds. The summed E-state index contributed by atoms with van der Waals surface area (Å²) in [6.07, 6.45) is 0. The number of rotatable bonds is 2. The van der Waals surface area contributed by atoms with Crippen molar-refractivity contribution in [3.05, 3.63) is 23.8 Å². The minimum absolute atomic E-state index is 0. The molecule has 0 spiro atoms. The molecule has 0 N–H and O–H groups in total. The maximum atomic E-state index is 10.7. The fraction of sp³-hybridized carbons (Fsp3) is 0.333. The van der Waals surface area contributed by atoms with E-state index in [0.717, 1.165) is 11.3 Å². The average Bonchev–Trinajstić information content (AvgIpc) is 2.03. The van der Waals surface area contributed by atoms with Crippen LogP contribution in [-0.4, -0.2) is 43.7 Å². The second kappa shape index (κ2) is 5.72. The molecule has 1 rings (SSSR count). The molecule has 0 radical (unpaired) electrons. The molecule has 0 aliphatic heterocycles. The first-order valence-electron chi connectivity index (χ1n) is 3.94. The van der Waals surface area contributed by atoms with Crippen molar-refractivity contribution in [1.82, 2.24) is 0 Å². The third-order valence-corrected chi connectivity index (χ3v) is 2.79. The Morgan fingerprint density at radius 2 is 1.79 bits per heavy atom. The van der Waals surface area contributed by atoms with E-state index in [9.17, 15) is 9.13 Å². The topological polar surface area (TPSA) is 37.4 Å². The van der Waals surface area contributed by atoms with Crippen molar-refractivity contribution >= 4 is 48.2 Å². The number of aryl methyl sites for hydroxylation is 1. The summed E-state index contributed by atoms with van der Waals surface area (Å²) in [7, 11) is 1.38. The zero-order valence-corrected chi connectivity index (χ0v) is 8.84. The molecule has 0 aliphatic carbocycles. The van der Waals surface area contributed by atoms with E-state index in [2.05, 4.69) is 0 Å². The van der Waals surface area contributed by atoms with Crippen molar-refractivity contribution in [2.75, 3.05) is 19.0 Å². The first-order chi connectivity index (χ1) is 6.02. The van der Waals surface area contributed by atoms with Gasteiger partial charge in [-0.15, -0.1) is 0 Å². The number of benzene rings is 1. The van der Waals surface area contributed by atoms with Gasteiger partial charge in [0.2, 0.25) is 0 Å². The van der Waals surface area contributed by atoms with E-state index >= 15 is 0 Å². The summed E-state index contributed by atoms with van der Waals surface area (Å²) >= 11 is 0. The summed E-state index contributed by atoms with van der Waals surface area (Å²) in [5.74, 6) is 0. The molecule has 5 heteroatoms. The molecule has 0 aromatic heterocycles. The van der Waals surface area contributed by atoms with Crippen LogP contribution in [0, 0.1) is 6.92 Å². The third kappa shape index (κ3) is 3.25. The van der Waals surface area contributed by atoms with Gasteiger partial charge in [-0.25, -0.2) is 9.13 Å². The Morgan fingerprint density at radius 1 is 1.21 bits per heavy atom. The van der Waals surface area contributed by atoms with Crippen molar-refractivity contribution in [3.8, 4) is 0 Å². The van der Waals surface area contributed by atoms with Crippen LogP contribution >= 0.6 is 7.68 Å². The van der Waals surface area contributed by atoms with E-state index in [-0.39, 0.29) is 29.6 Å². The second-order valence-corrected chi connectivity index (χ2v) is 4.12. The fourth-order valence-electron chi connectivity index (χ4n) is 1.12. The predicted octanol–water partition coefficient (Wildman–Crippen LogP) is 1.21. The standard InChI is InChI=1S/C9H12NO2P.Na.H/c1-7-6-8(10(2)3)4-5-9(7)13(11)12;;/h4-6H,1-3H3;;. The minimum atomic E-state index is -2.47. The fourth-order valence-corrected chi connectivity index (χ4v) is 1.67. The number of anilines is 1. The van der Waals surface area contributed by atoms with Crippen molar-refractivity contribution in [3.63, 3.8) is 0 Å². The van der Waals surface area contributed by atoms with Crippen molar-refractivity contribution in [1.29, 1.82) is 0 Å². The zero-order chi connectivity index (χ0) is 10.0. The average molecular weight is 221 g/mol. The number of hydrogen-bond donors (Lipinski definition) is 0. The van der Waals surface area contributed by atoms with Gasteiger partial charge in [-0.2, -0.15) is 0 Å². The summed E-state index contributed by atoms with van der Waals surface area (Å²) in [5, 5.41) is 0.403. The van der Waals surface area contributed by atoms with Gasteiger partial charge in [0.05, 0.1) is 5.30 Å². The molecule has 0 atom stereocenters. The van der Waals surface area contributed by atoms with Crippen LogP contribution in [-0.2, 0) is 9.13 Å². The predicted molar refractivity (Wildman–Crippen MR) is 60.6 cm³/mol. The summed E-state index contributed by atoms with van der Waals surface area (Å²) < 4.78 is 21.5. The van der Waals surface area contributed by atoms with Gasteiger partial charge in [0.1, 0.15) is 0 Å². The van der Waals surface area contributed by atoms with E-state index in [4.69, 9.17) is 0 Å². The Balaban J connectivity index is 0.00000169. The van der Waals surface area contributed by atoms with Gasteiger partial charge in [-0.1, -0.05) is 0 Å². The van der Waals surface area contributed by atoms with Gasteiger partial charge in [-0.3, -0.25) is 0 Å². The molecule has 0 bridgehead atoms. The van der Waals surface area contributed by atoms with Crippen LogP contribution in [0.3, 0.4) is 0 Å². The molecule has 1 aromatic rings. The van der Waals surface area contributed by atoms with Crippen molar-refractivity contribution in [2.45, 2.75) is 6.92 Å². The number of nitrogens with zero attached hydrogens (tertiary/aromatic N) is 1. The van der Waals surface area contributed by atoms with Crippen LogP contribution in [0.15, 0.2) is 18.2 Å². The molecule has 0 aliphatic rings. The second-order valence-electron chi connectivity index (χ2n) is 3.12. The Hall–Kier alpha value is -0.0800. The molecule has 14 heavy (non-hydrogen) atoms. The van der Waals surface area contributed by atoms with Crippen LogP contribution in [0.5, 0.6) is 0 Å². The third-order valence-electron chi connectivity index (χ3n) is 1.89. The van der Waals surface area contributed by atoms with Gasteiger partial charge in [0, 0.05) is 19.8 Å². The quantitative estimate of drug-likeness (QED) is 0.556.